The number of amides is 2. The SMILES string of the molecule is Cc1cccc(-c2nc(C)c(C(=O)N3CC[C@@H](C(=O)N4CCC(O)(Cn5cnc6c(ccn6C)c5=O)CC4)[C@H](c4ccccc4)C3)s2)c1. The summed E-state index contributed by atoms with van der Waals surface area (Å²) in [7, 11) is 1.84. The van der Waals surface area contributed by atoms with Gasteiger partial charge in [-0.25, -0.2) is 9.97 Å². The zero-order valence-electron chi connectivity index (χ0n) is 27.5. The molecule has 248 valence electrons. The van der Waals surface area contributed by atoms with Crippen LogP contribution < -0.4 is 5.56 Å². The first kappa shape index (κ1) is 32.0. The second-order valence-electron chi connectivity index (χ2n) is 13.4. The Hall–Kier alpha value is -4.61. The van der Waals surface area contributed by atoms with E-state index in [1.807, 2.05) is 79.2 Å². The summed E-state index contributed by atoms with van der Waals surface area (Å²) in [6.07, 6.45) is 4.56. The average Bonchev–Trinajstić information content (AvgIpc) is 3.68. The van der Waals surface area contributed by atoms with E-state index < -0.39 is 5.60 Å². The van der Waals surface area contributed by atoms with Crippen molar-refractivity contribution in [2.45, 2.75) is 51.2 Å². The van der Waals surface area contributed by atoms with E-state index in [4.69, 9.17) is 4.98 Å². The number of benzene rings is 2. The summed E-state index contributed by atoms with van der Waals surface area (Å²) in [4.78, 5) is 54.7. The molecule has 2 fully saturated rings. The van der Waals surface area contributed by atoms with Crippen molar-refractivity contribution >= 4 is 34.2 Å². The standard InChI is InChI=1S/C37H40N6O4S/c1-24-8-7-11-27(20-24)33-39-25(2)31(48-33)36(46)42-17-13-28(30(21-42)26-9-5-4-6-10-26)34(44)41-18-14-37(47,15-19-41)22-43-23-38-32-29(35(43)45)12-16-40(32)3/h4-12,16,20,23,28,30,47H,13-15,17-19,21-22H2,1-3H3/t28-,30+/m1/s1. The molecule has 2 aliphatic heterocycles. The molecule has 2 aromatic carbocycles. The molecule has 0 radical (unpaired) electrons. The van der Waals surface area contributed by atoms with Crippen LogP contribution in [0, 0.1) is 19.8 Å². The Kier molecular flexibility index (Phi) is 8.51. The summed E-state index contributed by atoms with van der Waals surface area (Å²) in [5.41, 5.74) is 3.20. The number of carbonyl (C=O) groups is 2. The van der Waals surface area contributed by atoms with Crippen LogP contribution >= 0.6 is 11.3 Å². The molecular weight excluding hydrogens is 625 g/mol. The van der Waals surface area contributed by atoms with Gasteiger partial charge >= 0.3 is 0 Å². The van der Waals surface area contributed by atoms with Crippen LogP contribution in [0.2, 0.25) is 0 Å². The molecule has 5 aromatic rings. The molecule has 2 saturated heterocycles. The number of hydrogen-bond acceptors (Lipinski definition) is 7. The first-order chi connectivity index (χ1) is 23.1. The topological polar surface area (TPSA) is 114 Å². The first-order valence-corrected chi connectivity index (χ1v) is 17.3. The van der Waals surface area contributed by atoms with Gasteiger partial charge in [-0.05, 0) is 50.8 Å². The third-order valence-corrected chi connectivity index (χ3v) is 11.2. The molecule has 2 aliphatic rings. The van der Waals surface area contributed by atoms with Gasteiger partial charge in [0.05, 0.1) is 23.2 Å². The predicted octanol–water partition coefficient (Wildman–Crippen LogP) is 4.77. The van der Waals surface area contributed by atoms with Crippen LogP contribution in [-0.2, 0) is 18.4 Å². The summed E-state index contributed by atoms with van der Waals surface area (Å²) < 4.78 is 3.28. The number of thiazole rings is 1. The Bertz CT molecular complexity index is 2040. The fourth-order valence-electron chi connectivity index (χ4n) is 7.26. The van der Waals surface area contributed by atoms with Crippen LogP contribution in [0.3, 0.4) is 0 Å². The minimum atomic E-state index is -1.12. The molecule has 2 amide bonds. The van der Waals surface area contributed by atoms with Crippen LogP contribution in [0.25, 0.3) is 21.6 Å². The fourth-order valence-corrected chi connectivity index (χ4v) is 8.29. The van der Waals surface area contributed by atoms with Gasteiger partial charge in [-0.1, -0.05) is 54.1 Å². The van der Waals surface area contributed by atoms with Gasteiger partial charge in [-0.2, -0.15) is 0 Å². The lowest BCUT2D eigenvalue weighted by atomic mass is 9.79. The number of aliphatic hydroxyl groups is 1. The van der Waals surface area contributed by atoms with Crippen molar-refractivity contribution in [3.8, 4) is 10.6 Å². The molecule has 2 atom stereocenters. The maximum absolute atomic E-state index is 14.2. The second-order valence-corrected chi connectivity index (χ2v) is 14.4. The summed E-state index contributed by atoms with van der Waals surface area (Å²) in [5, 5.41) is 12.9. The number of aryl methyl sites for hydroxylation is 3. The molecule has 0 spiro atoms. The Morgan fingerprint density at radius 3 is 2.52 bits per heavy atom. The van der Waals surface area contributed by atoms with Crippen LogP contribution in [0.4, 0.5) is 0 Å². The molecule has 3 aromatic heterocycles. The van der Waals surface area contributed by atoms with Gasteiger partial charge in [0.2, 0.25) is 5.91 Å². The summed E-state index contributed by atoms with van der Waals surface area (Å²) in [6.45, 7) is 5.76. The number of hydrogen-bond donors (Lipinski definition) is 1. The third kappa shape index (κ3) is 6.08. The van der Waals surface area contributed by atoms with Crippen molar-refractivity contribution in [3.05, 3.63) is 105 Å². The molecule has 11 heteroatoms. The monoisotopic (exact) mass is 664 g/mol. The van der Waals surface area contributed by atoms with Crippen molar-refractivity contribution in [3.63, 3.8) is 0 Å². The molecule has 0 aliphatic carbocycles. The smallest absolute Gasteiger partial charge is 0.265 e. The zero-order chi connectivity index (χ0) is 33.6. The molecule has 5 heterocycles. The van der Waals surface area contributed by atoms with Gasteiger partial charge in [0, 0.05) is 56.8 Å². The molecular formula is C37H40N6O4S. The summed E-state index contributed by atoms with van der Waals surface area (Å²) in [5.74, 6) is -0.445. The Morgan fingerprint density at radius 1 is 1.00 bits per heavy atom. The van der Waals surface area contributed by atoms with E-state index in [0.717, 1.165) is 27.4 Å². The van der Waals surface area contributed by atoms with Crippen LogP contribution in [0.5, 0.6) is 0 Å². The molecule has 10 nitrogen and oxygen atoms in total. The lowest BCUT2D eigenvalue weighted by Gasteiger charge is -2.43. The van der Waals surface area contributed by atoms with Crippen molar-refractivity contribution < 1.29 is 14.7 Å². The highest BCUT2D eigenvalue weighted by Gasteiger charge is 2.42. The van der Waals surface area contributed by atoms with Gasteiger partial charge in [-0.15, -0.1) is 11.3 Å². The van der Waals surface area contributed by atoms with Gasteiger partial charge in [0.15, 0.2) is 0 Å². The Balaban J connectivity index is 1.05. The molecule has 7 rings (SSSR count). The number of piperidine rings is 2. The lowest BCUT2D eigenvalue weighted by molar-refractivity contribution is -0.142. The molecule has 1 N–H and O–H groups in total. The number of nitrogens with zero attached hydrogens (tertiary/aromatic N) is 6. The van der Waals surface area contributed by atoms with Gasteiger partial charge < -0.3 is 19.5 Å². The minimum absolute atomic E-state index is 0.0443. The van der Waals surface area contributed by atoms with E-state index in [9.17, 15) is 19.5 Å². The molecule has 0 unspecified atom stereocenters. The van der Waals surface area contributed by atoms with E-state index >= 15 is 0 Å². The number of carbonyl (C=O) groups excluding carboxylic acids is 2. The van der Waals surface area contributed by atoms with Gasteiger partial charge in [-0.3, -0.25) is 19.0 Å². The Morgan fingerprint density at radius 2 is 1.77 bits per heavy atom. The van der Waals surface area contributed by atoms with E-state index in [2.05, 4.69) is 11.1 Å². The highest BCUT2D eigenvalue weighted by atomic mass is 32.1. The van der Waals surface area contributed by atoms with Crippen LogP contribution in [0.15, 0.2) is 78.0 Å². The van der Waals surface area contributed by atoms with E-state index in [0.29, 0.717) is 61.4 Å². The lowest BCUT2D eigenvalue weighted by Crippen LogP contribution is -2.53. The van der Waals surface area contributed by atoms with Crippen molar-refractivity contribution in [1.82, 2.24) is 28.9 Å². The van der Waals surface area contributed by atoms with Gasteiger partial charge in [0.25, 0.3) is 11.5 Å². The molecule has 0 saturated carbocycles. The van der Waals surface area contributed by atoms with E-state index in [1.54, 1.807) is 16.8 Å². The highest BCUT2D eigenvalue weighted by molar-refractivity contribution is 7.17. The average molecular weight is 665 g/mol. The van der Waals surface area contributed by atoms with Crippen LogP contribution in [-0.4, -0.2) is 77.6 Å². The molecule has 48 heavy (non-hydrogen) atoms. The summed E-state index contributed by atoms with van der Waals surface area (Å²) >= 11 is 1.43. The van der Waals surface area contributed by atoms with Crippen molar-refractivity contribution in [2.75, 3.05) is 26.2 Å². The number of aromatic nitrogens is 4. The maximum atomic E-state index is 14.2. The highest BCUT2D eigenvalue weighted by Crippen LogP contribution is 2.37. The number of rotatable bonds is 6. The quantitative estimate of drug-likeness (QED) is 0.280. The minimum Gasteiger partial charge on any atom is -0.388 e. The van der Waals surface area contributed by atoms with Crippen molar-refractivity contribution in [1.29, 1.82) is 0 Å². The zero-order valence-corrected chi connectivity index (χ0v) is 28.3. The van der Waals surface area contributed by atoms with Crippen LogP contribution in [0.1, 0.15) is 51.7 Å². The van der Waals surface area contributed by atoms with Gasteiger partial charge in [0.1, 0.15) is 21.9 Å². The second kappa shape index (κ2) is 12.8. The van der Waals surface area contributed by atoms with Crippen molar-refractivity contribution in [2.24, 2.45) is 13.0 Å². The molecule has 0 bridgehead atoms. The largest absolute Gasteiger partial charge is 0.388 e. The van der Waals surface area contributed by atoms with E-state index in [-0.39, 0.29) is 35.8 Å². The number of likely N-dealkylation sites (tertiary alicyclic amines) is 2. The number of fused-ring (bicyclic) bond motifs is 1. The summed E-state index contributed by atoms with van der Waals surface area (Å²) in [6, 6.07) is 19.9. The fraction of sp³-hybridized carbons (Fsp3) is 0.378. The maximum Gasteiger partial charge on any atom is 0.265 e. The van der Waals surface area contributed by atoms with E-state index in [1.165, 1.54) is 22.2 Å². The third-order valence-electron chi connectivity index (χ3n) is 10.0. The normalized spacial score (nSPS) is 19.5. The first-order valence-electron chi connectivity index (χ1n) is 16.5. The predicted molar refractivity (Wildman–Crippen MR) is 186 cm³/mol. The Labute approximate surface area is 283 Å².